The molecule has 1 rings (SSSR count). The van der Waals surface area contributed by atoms with Crippen molar-refractivity contribution in [3.8, 4) is 6.07 Å². The SMILES string of the molecule is CC(O)CCNCc1cc(F)cc(C#N)c1. The van der Waals surface area contributed by atoms with Crippen LogP contribution >= 0.6 is 0 Å². The monoisotopic (exact) mass is 222 g/mol. The van der Waals surface area contributed by atoms with Gasteiger partial charge in [0.2, 0.25) is 0 Å². The third kappa shape index (κ3) is 4.39. The average molecular weight is 222 g/mol. The van der Waals surface area contributed by atoms with Gasteiger partial charge in [-0.25, -0.2) is 4.39 Å². The third-order valence-corrected chi connectivity index (χ3v) is 2.15. The molecule has 1 unspecified atom stereocenters. The van der Waals surface area contributed by atoms with Gasteiger partial charge < -0.3 is 10.4 Å². The van der Waals surface area contributed by atoms with Gasteiger partial charge in [-0.05, 0) is 43.7 Å². The molecule has 0 heterocycles. The van der Waals surface area contributed by atoms with E-state index in [1.54, 1.807) is 13.0 Å². The first-order valence-electron chi connectivity index (χ1n) is 5.20. The van der Waals surface area contributed by atoms with Gasteiger partial charge in [0.25, 0.3) is 0 Å². The van der Waals surface area contributed by atoms with Gasteiger partial charge in [-0.2, -0.15) is 5.26 Å². The van der Waals surface area contributed by atoms with Gasteiger partial charge in [-0.15, -0.1) is 0 Å². The molecular weight excluding hydrogens is 207 g/mol. The fraction of sp³-hybridized carbons (Fsp3) is 0.417. The van der Waals surface area contributed by atoms with E-state index < -0.39 is 5.82 Å². The van der Waals surface area contributed by atoms with E-state index in [-0.39, 0.29) is 6.10 Å². The standard InChI is InChI=1S/C12H15FN2O/c1-9(16)2-3-15-8-11-4-10(7-14)5-12(13)6-11/h4-6,9,15-16H,2-3,8H2,1H3. The van der Waals surface area contributed by atoms with E-state index >= 15 is 0 Å². The number of nitrogens with one attached hydrogen (secondary N) is 1. The lowest BCUT2D eigenvalue weighted by molar-refractivity contribution is 0.183. The molecule has 0 bridgehead atoms. The van der Waals surface area contributed by atoms with Crippen molar-refractivity contribution in [3.63, 3.8) is 0 Å². The molecule has 0 aliphatic heterocycles. The van der Waals surface area contributed by atoms with E-state index in [9.17, 15) is 4.39 Å². The minimum absolute atomic E-state index is 0.326. The topological polar surface area (TPSA) is 56.0 Å². The molecule has 0 saturated heterocycles. The van der Waals surface area contributed by atoms with Crippen LogP contribution in [-0.4, -0.2) is 17.8 Å². The lowest BCUT2D eigenvalue weighted by Gasteiger charge is -2.07. The molecule has 1 aromatic carbocycles. The molecule has 3 nitrogen and oxygen atoms in total. The molecule has 1 atom stereocenters. The van der Waals surface area contributed by atoms with E-state index in [1.165, 1.54) is 12.1 Å². The summed E-state index contributed by atoms with van der Waals surface area (Å²) in [4.78, 5) is 0. The van der Waals surface area contributed by atoms with Crippen molar-refractivity contribution in [2.75, 3.05) is 6.54 Å². The molecule has 0 aliphatic carbocycles. The largest absolute Gasteiger partial charge is 0.393 e. The Morgan fingerprint density at radius 2 is 2.25 bits per heavy atom. The van der Waals surface area contributed by atoms with Crippen molar-refractivity contribution in [2.45, 2.75) is 26.0 Å². The minimum atomic E-state index is -0.397. The molecule has 0 radical (unpaired) electrons. The van der Waals surface area contributed by atoms with Crippen molar-refractivity contribution in [3.05, 3.63) is 35.1 Å². The van der Waals surface area contributed by atoms with Crippen molar-refractivity contribution in [2.24, 2.45) is 0 Å². The number of hydrogen-bond acceptors (Lipinski definition) is 3. The molecule has 0 fully saturated rings. The normalized spacial score (nSPS) is 12.1. The van der Waals surface area contributed by atoms with E-state index in [1.807, 2.05) is 6.07 Å². The first-order valence-corrected chi connectivity index (χ1v) is 5.20. The molecule has 4 heteroatoms. The van der Waals surface area contributed by atoms with Crippen LogP contribution in [0.3, 0.4) is 0 Å². The van der Waals surface area contributed by atoms with Crippen LogP contribution in [0.1, 0.15) is 24.5 Å². The van der Waals surface area contributed by atoms with Crippen molar-refractivity contribution in [1.82, 2.24) is 5.32 Å². The molecule has 86 valence electrons. The Bertz CT molecular complexity index is 385. The zero-order valence-corrected chi connectivity index (χ0v) is 9.20. The minimum Gasteiger partial charge on any atom is -0.393 e. The number of hydrogen-bond donors (Lipinski definition) is 2. The summed E-state index contributed by atoms with van der Waals surface area (Å²) in [5.41, 5.74) is 1.06. The van der Waals surface area contributed by atoms with Crippen LogP contribution in [0.2, 0.25) is 0 Å². The molecule has 0 aliphatic rings. The summed E-state index contributed by atoms with van der Waals surface area (Å²) in [6.45, 7) is 2.88. The third-order valence-electron chi connectivity index (χ3n) is 2.15. The number of aliphatic hydroxyl groups is 1. The Labute approximate surface area is 94.5 Å². The zero-order chi connectivity index (χ0) is 12.0. The van der Waals surface area contributed by atoms with Crippen LogP contribution in [0.4, 0.5) is 4.39 Å². The maximum absolute atomic E-state index is 13.0. The van der Waals surface area contributed by atoms with Crippen LogP contribution in [0.15, 0.2) is 18.2 Å². The number of nitriles is 1. The zero-order valence-electron chi connectivity index (χ0n) is 9.20. The highest BCUT2D eigenvalue weighted by atomic mass is 19.1. The number of rotatable bonds is 5. The first-order chi connectivity index (χ1) is 7.61. The Morgan fingerprint density at radius 3 is 2.88 bits per heavy atom. The summed E-state index contributed by atoms with van der Waals surface area (Å²) >= 11 is 0. The highest BCUT2D eigenvalue weighted by Crippen LogP contribution is 2.08. The fourth-order valence-electron chi connectivity index (χ4n) is 1.36. The van der Waals surface area contributed by atoms with Gasteiger partial charge >= 0.3 is 0 Å². The summed E-state index contributed by atoms with van der Waals surface area (Å²) in [6.07, 6.45) is 0.315. The summed E-state index contributed by atoms with van der Waals surface area (Å²) in [5, 5.41) is 20.8. The number of halogens is 1. The fourth-order valence-corrected chi connectivity index (χ4v) is 1.36. The van der Waals surface area contributed by atoms with Gasteiger partial charge in [0, 0.05) is 6.54 Å². The second-order valence-electron chi connectivity index (χ2n) is 3.77. The van der Waals surface area contributed by atoms with Crippen molar-refractivity contribution < 1.29 is 9.50 Å². The Balaban J connectivity index is 2.48. The van der Waals surface area contributed by atoms with E-state index in [4.69, 9.17) is 10.4 Å². The van der Waals surface area contributed by atoms with E-state index in [0.29, 0.717) is 25.1 Å². The predicted octanol–water partition coefficient (Wildman–Crippen LogP) is 1.56. The Hall–Kier alpha value is -1.44. The second-order valence-corrected chi connectivity index (χ2v) is 3.77. The smallest absolute Gasteiger partial charge is 0.124 e. The predicted molar refractivity (Wildman–Crippen MR) is 59.1 cm³/mol. The maximum Gasteiger partial charge on any atom is 0.124 e. The number of nitrogens with zero attached hydrogens (tertiary/aromatic N) is 1. The van der Waals surface area contributed by atoms with Gasteiger partial charge in [0.05, 0.1) is 17.7 Å². The van der Waals surface area contributed by atoms with Gasteiger partial charge in [0.15, 0.2) is 0 Å². The number of aliphatic hydroxyl groups excluding tert-OH is 1. The van der Waals surface area contributed by atoms with Crippen LogP contribution < -0.4 is 5.32 Å². The molecule has 0 spiro atoms. The highest BCUT2D eigenvalue weighted by Gasteiger charge is 2.00. The van der Waals surface area contributed by atoms with Crippen LogP contribution in [0, 0.1) is 17.1 Å². The summed E-state index contributed by atoms with van der Waals surface area (Å²) in [7, 11) is 0. The van der Waals surface area contributed by atoms with Crippen molar-refractivity contribution in [1.29, 1.82) is 5.26 Å². The summed E-state index contributed by atoms with van der Waals surface area (Å²) < 4.78 is 13.0. The molecule has 16 heavy (non-hydrogen) atoms. The van der Waals surface area contributed by atoms with Gasteiger partial charge in [-0.3, -0.25) is 0 Å². The lowest BCUT2D eigenvalue weighted by atomic mass is 10.1. The summed E-state index contributed by atoms with van der Waals surface area (Å²) in [5.74, 6) is -0.397. The molecule has 0 amide bonds. The summed E-state index contributed by atoms with van der Waals surface area (Å²) in [6, 6.07) is 6.17. The van der Waals surface area contributed by atoms with Gasteiger partial charge in [0.1, 0.15) is 5.82 Å². The molecule has 1 aromatic rings. The van der Waals surface area contributed by atoms with Gasteiger partial charge in [-0.1, -0.05) is 0 Å². The van der Waals surface area contributed by atoms with E-state index in [2.05, 4.69) is 5.32 Å². The van der Waals surface area contributed by atoms with Crippen LogP contribution in [-0.2, 0) is 6.54 Å². The van der Waals surface area contributed by atoms with Crippen LogP contribution in [0.5, 0.6) is 0 Å². The first kappa shape index (κ1) is 12.6. The maximum atomic E-state index is 13.0. The number of benzene rings is 1. The molecule has 2 N–H and O–H groups in total. The second kappa shape index (κ2) is 6.21. The molecular formula is C12H15FN2O. The Morgan fingerprint density at radius 1 is 1.50 bits per heavy atom. The van der Waals surface area contributed by atoms with Crippen LogP contribution in [0.25, 0.3) is 0 Å². The highest BCUT2D eigenvalue weighted by molar-refractivity contribution is 5.33. The average Bonchev–Trinajstić information content (AvgIpc) is 2.23. The lowest BCUT2D eigenvalue weighted by Crippen LogP contribution is -2.18. The Kier molecular flexibility index (Phi) is 4.90. The quantitative estimate of drug-likeness (QED) is 0.743. The van der Waals surface area contributed by atoms with Crippen molar-refractivity contribution >= 4 is 0 Å². The molecule has 0 aromatic heterocycles. The molecule has 0 saturated carbocycles. The van der Waals surface area contributed by atoms with E-state index in [0.717, 1.165) is 5.56 Å².